The van der Waals surface area contributed by atoms with Crippen LogP contribution in [0.3, 0.4) is 0 Å². The molecule has 1 aliphatic carbocycles. The van der Waals surface area contributed by atoms with Crippen LogP contribution in [0.2, 0.25) is 0 Å². The highest BCUT2D eigenvalue weighted by Gasteiger charge is 2.29. The summed E-state index contributed by atoms with van der Waals surface area (Å²) in [5, 5.41) is 0. The van der Waals surface area contributed by atoms with Gasteiger partial charge in [0.2, 0.25) is 0 Å². The van der Waals surface area contributed by atoms with Crippen LogP contribution in [0.1, 0.15) is 46.7 Å². The van der Waals surface area contributed by atoms with Crippen LogP contribution >= 0.6 is 0 Å². The Labute approximate surface area is 174 Å². The fourth-order valence-corrected chi connectivity index (χ4v) is 4.31. The molecule has 1 aliphatic rings. The zero-order valence-corrected chi connectivity index (χ0v) is 17.9. The Morgan fingerprint density at radius 3 is 2.66 bits per heavy atom. The molecule has 0 aliphatic heterocycles. The summed E-state index contributed by atoms with van der Waals surface area (Å²) in [4.78, 5) is 14.1. The summed E-state index contributed by atoms with van der Waals surface area (Å²) in [5.74, 6) is 1.68. The van der Waals surface area contributed by atoms with Crippen LogP contribution in [0.25, 0.3) is 6.08 Å². The first-order valence-corrected chi connectivity index (χ1v) is 10.2. The fourth-order valence-electron chi connectivity index (χ4n) is 4.31. The lowest BCUT2D eigenvalue weighted by Crippen LogP contribution is -2.29. The normalized spacial score (nSPS) is 20.7. The molecule has 0 aromatic heterocycles. The number of benzene rings is 2. The van der Waals surface area contributed by atoms with Gasteiger partial charge in [-0.25, -0.2) is 4.79 Å². The summed E-state index contributed by atoms with van der Waals surface area (Å²) in [5.41, 5.74) is 4.41. The zero-order valence-electron chi connectivity index (χ0n) is 17.9. The molecule has 0 bridgehead atoms. The van der Waals surface area contributed by atoms with Gasteiger partial charge in [0.25, 0.3) is 0 Å². The summed E-state index contributed by atoms with van der Waals surface area (Å²) in [6, 6.07) is 16.1. The molecular weight excluding hydrogens is 362 g/mol. The third-order valence-electron chi connectivity index (χ3n) is 5.69. The van der Waals surface area contributed by atoms with Gasteiger partial charge in [-0.2, -0.15) is 0 Å². The van der Waals surface area contributed by atoms with E-state index in [0.29, 0.717) is 17.4 Å². The lowest BCUT2D eigenvalue weighted by molar-refractivity contribution is 0.0600. The largest absolute Gasteiger partial charge is 0.497 e. The van der Waals surface area contributed by atoms with Crippen molar-refractivity contribution in [3.8, 4) is 5.75 Å². The molecule has 154 valence electrons. The van der Waals surface area contributed by atoms with E-state index >= 15 is 0 Å². The van der Waals surface area contributed by atoms with Crippen molar-refractivity contribution in [2.45, 2.75) is 25.2 Å². The van der Waals surface area contributed by atoms with E-state index in [0.717, 1.165) is 37.1 Å². The molecule has 2 atom stereocenters. The number of esters is 1. The van der Waals surface area contributed by atoms with Crippen molar-refractivity contribution in [3.63, 3.8) is 0 Å². The Bertz CT molecular complexity index is 872. The van der Waals surface area contributed by atoms with Crippen molar-refractivity contribution >= 4 is 12.0 Å². The summed E-state index contributed by atoms with van der Waals surface area (Å²) in [6.07, 6.45) is 5.50. The molecule has 29 heavy (non-hydrogen) atoms. The molecule has 3 rings (SSSR count). The second-order valence-corrected chi connectivity index (χ2v) is 8.07. The molecule has 1 saturated carbocycles. The number of rotatable bonds is 6. The first-order chi connectivity index (χ1) is 14.0. The molecule has 0 radical (unpaired) electrons. The van der Waals surface area contributed by atoms with Gasteiger partial charge < -0.3 is 14.4 Å². The predicted molar refractivity (Wildman–Crippen MR) is 117 cm³/mol. The first-order valence-electron chi connectivity index (χ1n) is 10.2. The van der Waals surface area contributed by atoms with Gasteiger partial charge in [0.15, 0.2) is 0 Å². The fraction of sp³-hybridized carbons (Fsp3) is 0.400. The van der Waals surface area contributed by atoms with Crippen LogP contribution < -0.4 is 4.74 Å². The molecule has 0 amide bonds. The first kappa shape index (κ1) is 21.1. The van der Waals surface area contributed by atoms with Crippen molar-refractivity contribution < 1.29 is 14.3 Å². The van der Waals surface area contributed by atoms with E-state index in [4.69, 9.17) is 9.47 Å². The minimum Gasteiger partial charge on any atom is -0.497 e. The van der Waals surface area contributed by atoms with E-state index in [9.17, 15) is 4.79 Å². The van der Waals surface area contributed by atoms with Crippen LogP contribution in [0.4, 0.5) is 0 Å². The van der Waals surface area contributed by atoms with Crippen LogP contribution in [0.15, 0.2) is 54.1 Å². The van der Waals surface area contributed by atoms with Gasteiger partial charge in [-0.3, -0.25) is 0 Å². The molecular formula is C25H31NO3. The molecule has 2 unspecified atom stereocenters. The molecule has 2 aromatic rings. The van der Waals surface area contributed by atoms with Crippen molar-refractivity contribution in [1.82, 2.24) is 4.90 Å². The predicted octanol–water partition coefficient (Wildman–Crippen LogP) is 5.01. The summed E-state index contributed by atoms with van der Waals surface area (Å²) >= 11 is 0. The van der Waals surface area contributed by atoms with Gasteiger partial charge in [0.05, 0.1) is 19.8 Å². The second kappa shape index (κ2) is 9.75. The van der Waals surface area contributed by atoms with Gasteiger partial charge in [0.1, 0.15) is 5.75 Å². The van der Waals surface area contributed by atoms with Crippen LogP contribution in [-0.2, 0) is 4.74 Å². The van der Waals surface area contributed by atoms with Gasteiger partial charge in [-0.05, 0) is 80.6 Å². The van der Waals surface area contributed by atoms with E-state index in [-0.39, 0.29) is 5.97 Å². The highest BCUT2D eigenvalue weighted by atomic mass is 16.5. The third-order valence-corrected chi connectivity index (χ3v) is 5.69. The smallest absolute Gasteiger partial charge is 0.337 e. The highest BCUT2D eigenvalue weighted by Crippen LogP contribution is 2.42. The quantitative estimate of drug-likeness (QED) is 0.647. The lowest BCUT2D eigenvalue weighted by Gasteiger charge is -2.35. The molecule has 0 heterocycles. The molecule has 4 nitrogen and oxygen atoms in total. The van der Waals surface area contributed by atoms with E-state index in [1.165, 1.54) is 18.2 Å². The van der Waals surface area contributed by atoms with Crippen molar-refractivity contribution in [3.05, 3.63) is 70.8 Å². The van der Waals surface area contributed by atoms with E-state index in [2.05, 4.69) is 43.3 Å². The van der Waals surface area contributed by atoms with Crippen LogP contribution in [0, 0.1) is 5.92 Å². The van der Waals surface area contributed by atoms with Gasteiger partial charge in [-0.15, -0.1) is 0 Å². The number of allylic oxidation sites excluding steroid dienone is 1. The van der Waals surface area contributed by atoms with Crippen molar-refractivity contribution in [2.24, 2.45) is 5.92 Å². The summed E-state index contributed by atoms with van der Waals surface area (Å²) < 4.78 is 10.3. The monoisotopic (exact) mass is 393 g/mol. The summed E-state index contributed by atoms with van der Waals surface area (Å²) in [6.45, 7) is 1.08. The molecule has 1 fully saturated rings. The van der Waals surface area contributed by atoms with Gasteiger partial charge >= 0.3 is 5.97 Å². The Balaban J connectivity index is 1.87. The Morgan fingerprint density at radius 1 is 1.14 bits per heavy atom. The van der Waals surface area contributed by atoms with Crippen molar-refractivity contribution in [1.29, 1.82) is 0 Å². The number of ether oxygens (including phenoxy) is 2. The Hall–Kier alpha value is -2.59. The maximum absolute atomic E-state index is 11.8. The minimum absolute atomic E-state index is 0.297. The SMILES string of the molecule is COC(=O)c1cccc(/C=C2/CCC(CN(C)C)C(c3cccc(OC)c3)C2)c1. The van der Waals surface area contributed by atoms with E-state index in [1.54, 1.807) is 13.2 Å². The van der Waals surface area contributed by atoms with E-state index < -0.39 is 0 Å². The molecule has 2 aromatic carbocycles. The number of carbonyl (C=O) groups is 1. The number of methoxy groups -OCH3 is 2. The second-order valence-electron chi connectivity index (χ2n) is 8.07. The maximum Gasteiger partial charge on any atom is 0.337 e. The average molecular weight is 394 g/mol. The van der Waals surface area contributed by atoms with Gasteiger partial charge in [-0.1, -0.05) is 35.9 Å². The van der Waals surface area contributed by atoms with Gasteiger partial charge in [0, 0.05) is 6.54 Å². The Kier molecular flexibility index (Phi) is 7.10. The van der Waals surface area contributed by atoms with Crippen LogP contribution in [0.5, 0.6) is 5.75 Å². The number of hydrogen-bond acceptors (Lipinski definition) is 4. The maximum atomic E-state index is 11.8. The van der Waals surface area contributed by atoms with E-state index in [1.807, 2.05) is 24.3 Å². The molecule has 4 heteroatoms. The molecule has 0 spiro atoms. The highest BCUT2D eigenvalue weighted by molar-refractivity contribution is 5.90. The Morgan fingerprint density at radius 2 is 1.93 bits per heavy atom. The minimum atomic E-state index is -0.297. The number of hydrogen-bond donors (Lipinski definition) is 0. The molecule has 0 saturated heterocycles. The van der Waals surface area contributed by atoms with Crippen LogP contribution in [-0.4, -0.2) is 45.7 Å². The zero-order chi connectivity index (χ0) is 20.8. The third kappa shape index (κ3) is 5.48. The molecule has 0 N–H and O–H groups in total. The standard InChI is InChI=1S/C25H31NO3/c1-26(2)17-22-12-11-19(13-18-7-5-9-21(14-18)25(27)29-4)15-24(22)20-8-6-10-23(16-20)28-3/h5-10,13-14,16,22,24H,11-12,15,17H2,1-4H3/b19-13-. The average Bonchev–Trinajstić information content (AvgIpc) is 2.74. The lowest BCUT2D eigenvalue weighted by atomic mass is 9.73. The van der Waals surface area contributed by atoms with Crippen molar-refractivity contribution in [2.75, 3.05) is 34.9 Å². The summed E-state index contributed by atoms with van der Waals surface area (Å²) in [7, 11) is 7.42. The topological polar surface area (TPSA) is 38.8 Å². The number of nitrogens with zero attached hydrogens (tertiary/aromatic N) is 1. The number of carbonyl (C=O) groups excluding carboxylic acids is 1.